The second-order valence-corrected chi connectivity index (χ2v) is 7.71. The van der Waals surface area contributed by atoms with E-state index in [4.69, 9.17) is 4.74 Å². The Morgan fingerprint density at radius 2 is 2.12 bits per heavy atom. The number of nitrogens with one attached hydrogen (secondary N) is 2. The van der Waals surface area contributed by atoms with Crippen molar-refractivity contribution in [3.8, 4) is 5.75 Å². The minimum Gasteiger partial charge on any atom is -0.481 e. The van der Waals surface area contributed by atoms with E-state index in [1.807, 2.05) is 37.1 Å². The number of rotatable bonds is 2. The van der Waals surface area contributed by atoms with Gasteiger partial charge in [0, 0.05) is 17.0 Å². The molecule has 136 valence electrons. The Morgan fingerprint density at radius 3 is 2.77 bits per heavy atom. The Kier molecular flexibility index (Phi) is 4.11. The molecule has 0 bridgehead atoms. The zero-order valence-corrected chi connectivity index (χ0v) is 15.8. The van der Waals surface area contributed by atoms with Crippen LogP contribution in [0, 0.1) is 20.8 Å². The SMILES string of the molecule is Cc1c(C)c2c(c(C)c1NC(=O)N1CCC1c1cccs1)NC(=O)CO2. The van der Waals surface area contributed by atoms with Gasteiger partial charge in [0.2, 0.25) is 0 Å². The molecule has 1 atom stereocenters. The summed E-state index contributed by atoms with van der Waals surface area (Å²) in [5.41, 5.74) is 4.10. The number of ether oxygens (including phenoxy) is 1. The quantitative estimate of drug-likeness (QED) is 0.839. The number of urea groups is 1. The number of anilines is 2. The summed E-state index contributed by atoms with van der Waals surface area (Å²) in [5.74, 6) is 0.514. The maximum atomic E-state index is 12.8. The number of amides is 3. The Balaban J connectivity index is 1.62. The molecule has 0 radical (unpaired) electrons. The monoisotopic (exact) mass is 371 g/mol. The second kappa shape index (κ2) is 6.32. The van der Waals surface area contributed by atoms with Crippen molar-refractivity contribution in [2.45, 2.75) is 33.2 Å². The van der Waals surface area contributed by atoms with E-state index in [2.05, 4.69) is 16.7 Å². The van der Waals surface area contributed by atoms with E-state index in [1.54, 1.807) is 11.3 Å². The van der Waals surface area contributed by atoms with Crippen LogP contribution in [0.3, 0.4) is 0 Å². The highest BCUT2D eigenvalue weighted by Gasteiger charge is 2.35. The first-order valence-corrected chi connectivity index (χ1v) is 9.52. The molecule has 0 saturated carbocycles. The Morgan fingerprint density at radius 1 is 1.31 bits per heavy atom. The van der Waals surface area contributed by atoms with Crippen LogP contribution in [0.1, 0.15) is 34.0 Å². The van der Waals surface area contributed by atoms with Crippen molar-refractivity contribution in [1.29, 1.82) is 0 Å². The van der Waals surface area contributed by atoms with Crippen LogP contribution < -0.4 is 15.4 Å². The van der Waals surface area contributed by atoms with Gasteiger partial charge in [-0.05, 0) is 49.8 Å². The van der Waals surface area contributed by atoms with E-state index >= 15 is 0 Å². The van der Waals surface area contributed by atoms with Gasteiger partial charge in [0.15, 0.2) is 6.61 Å². The Hall–Kier alpha value is -2.54. The maximum Gasteiger partial charge on any atom is 0.322 e. The first kappa shape index (κ1) is 16.9. The van der Waals surface area contributed by atoms with Crippen LogP contribution in [-0.4, -0.2) is 30.0 Å². The molecule has 1 saturated heterocycles. The van der Waals surface area contributed by atoms with Crippen molar-refractivity contribution in [3.63, 3.8) is 0 Å². The number of likely N-dealkylation sites (tertiary alicyclic amines) is 1. The molecule has 3 amide bonds. The van der Waals surface area contributed by atoms with Gasteiger partial charge in [-0.25, -0.2) is 4.79 Å². The molecule has 7 heteroatoms. The molecule has 4 rings (SSSR count). The number of hydrogen-bond acceptors (Lipinski definition) is 4. The average Bonchev–Trinajstić information content (AvgIpc) is 3.09. The zero-order valence-electron chi connectivity index (χ0n) is 15.0. The highest BCUT2D eigenvalue weighted by atomic mass is 32.1. The summed E-state index contributed by atoms with van der Waals surface area (Å²) >= 11 is 1.68. The molecule has 26 heavy (non-hydrogen) atoms. The fraction of sp³-hybridized carbons (Fsp3) is 0.368. The lowest BCUT2D eigenvalue weighted by atomic mass is 9.98. The standard InChI is InChI=1S/C19H21N3O3S/c1-10-11(2)18-17(20-15(23)9-25-18)12(3)16(10)21-19(24)22-7-6-13(22)14-5-4-8-26-14/h4-5,8,13H,6-7,9H2,1-3H3,(H,20,23)(H,21,24). The van der Waals surface area contributed by atoms with Crippen LogP contribution in [0.4, 0.5) is 16.2 Å². The molecule has 1 unspecified atom stereocenters. The Labute approximate surface area is 156 Å². The zero-order chi connectivity index (χ0) is 18.4. The third-order valence-electron chi connectivity index (χ3n) is 5.25. The maximum absolute atomic E-state index is 12.8. The number of fused-ring (bicyclic) bond motifs is 1. The molecule has 2 N–H and O–H groups in total. The molecule has 2 aromatic rings. The first-order chi connectivity index (χ1) is 12.5. The number of benzene rings is 1. The van der Waals surface area contributed by atoms with Crippen molar-refractivity contribution < 1.29 is 14.3 Å². The smallest absolute Gasteiger partial charge is 0.322 e. The van der Waals surface area contributed by atoms with Crippen molar-refractivity contribution in [3.05, 3.63) is 39.1 Å². The van der Waals surface area contributed by atoms with Crippen molar-refractivity contribution in [2.75, 3.05) is 23.8 Å². The largest absolute Gasteiger partial charge is 0.481 e. The number of thiophene rings is 1. The van der Waals surface area contributed by atoms with Crippen LogP contribution in [-0.2, 0) is 4.79 Å². The van der Waals surface area contributed by atoms with E-state index in [0.29, 0.717) is 11.4 Å². The lowest BCUT2D eigenvalue weighted by molar-refractivity contribution is -0.118. The Bertz CT molecular complexity index is 892. The predicted octanol–water partition coefficient (Wildman–Crippen LogP) is 3.98. The van der Waals surface area contributed by atoms with Gasteiger partial charge in [-0.3, -0.25) is 4.79 Å². The lowest BCUT2D eigenvalue weighted by Gasteiger charge is -2.40. The highest BCUT2D eigenvalue weighted by Crippen LogP contribution is 2.42. The van der Waals surface area contributed by atoms with Crippen LogP contribution in [0.15, 0.2) is 17.5 Å². The average molecular weight is 371 g/mol. The van der Waals surface area contributed by atoms with E-state index in [9.17, 15) is 9.59 Å². The van der Waals surface area contributed by atoms with Gasteiger partial charge in [-0.2, -0.15) is 0 Å². The van der Waals surface area contributed by atoms with Crippen LogP contribution in [0.2, 0.25) is 0 Å². The van der Waals surface area contributed by atoms with Crippen LogP contribution in [0.25, 0.3) is 0 Å². The molecular weight excluding hydrogens is 350 g/mol. The summed E-state index contributed by atoms with van der Waals surface area (Å²) in [7, 11) is 0. The molecular formula is C19H21N3O3S. The van der Waals surface area contributed by atoms with Gasteiger partial charge in [-0.1, -0.05) is 6.07 Å². The molecule has 0 aliphatic carbocycles. The van der Waals surface area contributed by atoms with Gasteiger partial charge in [0.25, 0.3) is 5.91 Å². The highest BCUT2D eigenvalue weighted by molar-refractivity contribution is 7.10. The number of carbonyl (C=O) groups excluding carboxylic acids is 2. The summed E-state index contributed by atoms with van der Waals surface area (Å²) in [6, 6.07) is 4.12. The third-order valence-corrected chi connectivity index (χ3v) is 6.22. The predicted molar refractivity (Wildman–Crippen MR) is 102 cm³/mol. The van der Waals surface area contributed by atoms with Crippen molar-refractivity contribution in [1.82, 2.24) is 4.90 Å². The molecule has 3 heterocycles. The van der Waals surface area contributed by atoms with Gasteiger partial charge < -0.3 is 20.3 Å². The van der Waals surface area contributed by atoms with Gasteiger partial charge >= 0.3 is 6.03 Å². The van der Waals surface area contributed by atoms with E-state index < -0.39 is 0 Å². The number of carbonyl (C=O) groups is 2. The van der Waals surface area contributed by atoms with Crippen molar-refractivity contribution >= 4 is 34.6 Å². The fourth-order valence-corrected chi connectivity index (χ4v) is 4.41. The first-order valence-electron chi connectivity index (χ1n) is 8.64. The molecule has 1 fully saturated rings. The van der Waals surface area contributed by atoms with E-state index in [-0.39, 0.29) is 24.6 Å². The summed E-state index contributed by atoms with van der Waals surface area (Å²) in [6.45, 7) is 6.57. The molecule has 1 aromatic heterocycles. The summed E-state index contributed by atoms with van der Waals surface area (Å²) in [4.78, 5) is 27.6. The molecule has 2 aliphatic heterocycles. The summed E-state index contributed by atoms with van der Waals surface area (Å²) in [6.07, 6.45) is 0.985. The molecule has 2 aliphatic rings. The second-order valence-electron chi connectivity index (χ2n) is 6.73. The number of hydrogen-bond donors (Lipinski definition) is 2. The van der Waals surface area contributed by atoms with Gasteiger partial charge in [0.1, 0.15) is 5.75 Å². The lowest BCUT2D eigenvalue weighted by Crippen LogP contribution is -2.47. The van der Waals surface area contributed by atoms with Gasteiger partial charge in [0.05, 0.1) is 17.4 Å². The summed E-state index contributed by atoms with van der Waals surface area (Å²) < 4.78 is 5.60. The minimum atomic E-state index is -0.179. The fourth-order valence-electron chi connectivity index (χ4n) is 3.54. The third kappa shape index (κ3) is 2.63. The van der Waals surface area contributed by atoms with Gasteiger partial charge in [-0.15, -0.1) is 11.3 Å². The van der Waals surface area contributed by atoms with E-state index in [1.165, 1.54) is 4.88 Å². The number of nitrogens with zero attached hydrogens (tertiary/aromatic N) is 1. The van der Waals surface area contributed by atoms with Crippen LogP contribution in [0.5, 0.6) is 5.75 Å². The van der Waals surface area contributed by atoms with Crippen LogP contribution >= 0.6 is 11.3 Å². The minimum absolute atomic E-state index is 0.0225. The van der Waals surface area contributed by atoms with Crippen molar-refractivity contribution in [2.24, 2.45) is 0 Å². The normalized spacial score (nSPS) is 18.5. The topological polar surface area (TPSA) is 70.7 Å². The van der Waals surface area contributed by atoms with E-state index in [0.717, 1.165) is 35.3 Å². The molecule has 0 spiro atoms. The molecule has 6 nitrogen and oxygen atoms in total. The summed E-state index contributed by atoms with van der Waals surface area (Å²) in [5, 5.41) is 7.97. The molecule has 1 aromatic carbocycles.